The van der Waals surface area contributed by atoms with E-state index in [1.54, 1.807) is 0 Å². The van der Waals surface area contributed by atoms with E-state index in [-0.39, 0.29) is 11.2 Å². The summed E-state index contributed by atoms with van der Waals surface area (Å²) in [5.41, 5.74) is 3.82. The molecule has 2 bridgehead atoms. The lowest BCUT2D eigenvalue weighted by Crippen LogP contribution is -2.64. The van der Waals surface area contributed by atoms with Crippen LogP contribution < -0.4 is 0 Å². The van der Waals surface area contributed by atoms with Gasteiger partial charge in [0.2, 0.25) is 0 Å². The molecule has 2 heterocycles. The molecule has 4 heteroatoms. The SMILES string of the molecule is N#Cc1ccc2c(c1)[C@@]13CCN(CC4CCC4)[C@@H](C2)[C@H]1CCC1(C3)OCCO1. The van der Waals surface area contributed by atoms with Crippen molar-refractivity contribution < 1.29 is 9.47 Å². The van der Waals surface area contributed by atoms with Crippen LogP contribution in [0.1, 0.15) is 61.6 Å². The van der Waals surface area contributed by atoms with Gasteiger partial charge in [0.05, 0.1) is 24.8 Å². The van der Waals surface area contributed by atoms with Crippen molar-refractivity contribution in [3.63, 3.8) is 0 Å². The lowest BCUT2D eigenvalue weighted by atomic mass is 9.51. The number of nitrogens with zero attached hydrogens (tertiary/aromatic N) is 2. The second-order valence-electron chi connectivity index (χ2n) is 9.88. The van der Waals surface area contributed by atoms with Gasteiger partial charge in [-0.05, 0) is 73.7 Å². The summed E-state index contributed by atoms with van der Waals surface area (Å²) in [6.45, 7) is 3.93. The predicted molar refractivity (Wildman–Crippen MR) is 106 cm³/mol. The van der Waals surface area contributed by atoms with Gasteiger partial charge in [-0.3, -0.25) is 4.90 Å². The summed E-state index contributed by atoms with van der Waals surface area (Å²) in [5.74, 6) is 1.21. The minimum atomic E-state index is -0.381. The Morgan fingerprint density at radius 1 is 1.14 bits per heavy atom. The molecule has 3 aliphatic carbocycles. The van der Waals surface area contributed by atoms with Gasteiger partial charge in [0.15, 0.2) is 5.79 Å². The fourth-order valence-electron chi connectivity index (χ4n) is 7.14. The van der Waals surface area contributed by atoms with Crippen LogP contribution in [0.3, 0.4) is 0 Å². The first-order chi connectivity index (χ1) is 13.7. The molecule has 5 aliphatic rings. The van der Waals surface area contributed by atoms with Crippen molar-refractivity contribution in [3.05, 3.63) is 34.9 Å². The number of piperidine rings is 1. The minimum absolute atomic E-state index is 0.115. The molecule has 1 aromatic carbocycles. The molecule has 2 saturated heterocycles. The summed E-state index contributed by atoms with van der Waals surface area (Å²) in [6.07, 6.45) is 9.78. The fraction of sp³-hybridized carbons (Fsp3) is 0.708. The van der Waals surface area contributed by atoms with E-state index in [9.17, 15) is 5.26 Å². The minimum Gasteiger partial charge on any atom is -0.348 e. The van der Waals surface area contributed by atoms with E-state index in [1.165, 1.54) is 56.3 Å². The van der Waals surface area contributed by atoms with Gasteiger partial charge in [-0.25, -0.2) is 0 Å². The number of fused-ring (bicyclic) bond motifs is 1. The second kappa shape index (κ2) is 6.29. The molecule has 0 unspecified atom stereocenters. The highest BCUT2D eigenvalue weighted by Crippen LogP contribution is 2.59. The van der Waals surface area contributed by atoms with Crippen LogP contribution in [0.2, 0.25) is 0 Å². The molecule has 4 nitrogen and oxygen atoms in total. The third-order valence-corrected chi connectivity index (χ3v) is 8.64. The molecule has 1 aromatic rings. The largest absolute Gasteiger partial charge is 0.348 e. The zero-order valence-electron chi connectivity index (χ0n) is 16.7. The number of nitriles is 1. The van der Waals surface area contributed by atoms with Crippen LogP contribution in [0, 0.1) is 23.2 Å². The van der Waals surface area contributed by atoms with Gasteiger partial charge in [0, 0.05) is 30.8 Å². The molecule has 2 aliphatic heterocycles. The van der Waals surface area contributed by atoms with Gasteiger partial charge in [0.25, 0.3) is 0 Å². The standard InChI is InChI=1S/C24H30N2O2/c25-14-18-4-5-19-13-22-20-6-7-24(27-10-11-28-24)16-23(20,21(19)12-18)8-9-26(22)15-17-2-1-3-17/h4-5,12,17,20,22H,1-3,6-11,13,15-16H2/t20-,22+,23-/m1/s1. The Bertz CT molecular complexity index is 820. The van der Waals surface area contributed by atoms with Gasteiger partial charge in [-0.2, -0.15) is 5.26 Å². The van der Waals surface area contributed by atoms with Crippen LogP contribution >= 0.6 is 0 Å². The number of hydrogen-bond acceptors (Lipinski definition) is 4. The van der Waals surface area contributed by atoms with E-state index in [2.05, 4.69) is 23.1 Å². The highest BCUT2D eigenvalue weighted by atomic mass is 16.7. The lowest BCUT2D eigenvalue weighted by molar-refractivity contribution is -0.214. The zero-order chi connectivity index (χ0) is 18.8. The highest BCUT2D eigenvalue weighted by Gasteiger charge is 2.60. The summed E-state index contributed by atoms with van der Waals surface area (Å²) < 4.78 is 12.4. The van der Waals surface area contributed by atoms with Gasteiger partial charge in [0.1, 0.15) is 0 Å². The molecular formula is C24H30N2O2. The van der Waals surface area contributed by atoms with Crippen molar-refractivity contribution in [2.45, 2.75) is 68.6 Å². The Morgan fingerprint density at radius 2 is 2.00 bits per heavy atom. The van der Waals surface area contributed by atoms with Crippen LogP contribution in [0.5, 0.6) is 0 Å². The molecule has 2 saturated carbocycles. The summed E-state index contributed by atoms with van der Waals surface area (Å²) in [6, 6.07) is 9.49. The van der Waals surface area contributed by atoms with Crippen LogP contribution in [-0.4, -0.2) is 43.0 Å². The summed E-state index contributed by atoms with van der Waals surface area (Å²) in [4.78, 5) is 2.84. The molecule has 0 aromatic heterocycles. The van der Waals surface area contributed by atoms with Crippen molar-refractivity contribution >= 4 is 0 Å². The van der Waals surface area contributed by atoms with Crippen LogP contribution in [0.15, 0.2) is 18.2 Å². The third-order valence-electron chi connectivity index (χ3n) is 8.64. The third kappa shape index (κ3) is 2.46. The highest BCUT2D eigenvalue weighted by molar-refractivity contribution is 5.47. The maximum absolute atomic E-state index is 9.53. The van der Waals surface area contributed by atoms with E-state index >= 15 is 0 Å². The molecule has 3 atom stereocenters. The predicted octanol–water partition coefficient (Wildman–Crippen LogP) is 3.77. The first kappa shape index (κ1) is 17.4. The average molecular weight is 379 g/mol. The van der Waals surface area contributed by atoms with Gasteiger partial charge in [-0.15, -0.1) is 0 Å². The first-order valence-corrected chi connectivity index (χ1v) is 11.3. The smallest absolute Gasteiger partial charge is 0.169 e. The molecule has 148 valence electrons. The van der Waals surface area contributed by atoms with E-state index < -0.39 is 0 Å². The topological polar surface area (TPSA) is 45.5 Å². The van der Waals surface area contributed by atoms with Gasteiger partial charge < -0.3 is 9.47 Å². The normalized spacial score (nSPS) is 36.4. The number of hydrogen-bond donors (Lipinski definition) is 0. The van der Waals surface area contributed by atoms with Crippen molar-refractivity contribution in [3.8, 4) is 6.07 Å². The molecule has 6 rings (SSSR count). The Balaban J connectivity index is 1.42. The van der Waals surface area contributed by atoms with E-state index in [0.29, 0.717) is 12.0 Å². The number of benzene rings is 1. The number of likely N-dealkylation sites (tertiary alicyclic amines) is 1. The van der Waals surface area contributed by atoms with Gasteiger partial charge in [-0.1, -0.05) is 12.5 Å². The molecule has 0 amide bonds. The molecule has 0 N–H and O–H groups in total. The Kier molecular flexibility index (Phi) is 3.92. The second-order valence-corrected chi connectivity index (χ2v) is 9.88. The van der Waals surface area contributed by atoms with E-state index in [1.807, 2.05) is 6.07 Å². The van der Waals surface area contributed by atoms with Crippen LogP contribution in [0.4, 0.5) is 0 Å². The molecule has 0 radical (unpaired) electrons. The van der Waals surface area contributed by atoms with Crippen molar-refractivity contribution in [2.24, 2.45) is 11.8 Å². The van der Waals surface area contributed by atoms with Crippen LogP contribution in [-0.2, 0) is 21.3 Å². The Hall–Kier alpha value is -1.41. The van der Waals surface area contributed by atoms with Crippen molar-refractivity contribution in [1.29, 1.82) is 5.26 Å². The monoisotopic (exact) mass is 378 g/mol. The summed E-state index contributed by atoms with van der Waals surface area (Å²) in [7, 11) is 0. The van der Waals surface area contributed by atoms with Gasteiger partial charge >= 0.3 is 0 Å². The Morgan fingerprint density at radius 3 is 2.75 bits per heavy atom. The molecule has 28 heavy (non-hydrogen) atoms. The molecule has 1 spiro atoms. The number of ether oxygens (including phenoxy) is 2. The van der Waals surface area contributed by atoms with E-state index in [4.69, 9.17) is 9.47 Å². The Labute approximate surface area is 167 Å². The fourth-order valence-corrected chi connectivity index (χ4v) is 7.14. The summed E-state index contributed by atoms with van der Waals surface area (Å²) >= 11 is 0. The van der Waals surface area contributed by atoms with Crippen molar-refractivity contribution in [1.82, 2.24) is 4.90 Å². The van der Waals surface area contributed by atoms with Crippen LogP contribution in [0.25, 0.3) is 0 Å². The summed E-state index contributed by atoms with van der Waals surface area (Å²) in [5, 5.41) is 9.53. The maximum Gasteiger partial charge on any atom is 0.169 e. The van der Waals surface area contributed by atoms with E-state index in [0.717, 1.165) is 44.0 Å². The number of rotatable bonds is 2. The molecule has 4 fully saturated rings. The first-order valence-electron chi connectivity index (χ1n) is 11.3. The quantitative estimate of drug-likeness (QED) is 0.786. The molecular weight excluding hydrogens is 348 g/mol. The van der Waals surface area contributed by atoms with Crippen molar-refractivity contribution in [2.75, 3.05) is 26.3 Å². The maximum atomic E-state index is 9.53. The lowest BCUT2D eigenvalue weighted by Gasteiger charge is -2.61. The zero-order valence-corrected chi connectivity index (χ0v) is 16.7. The average Bonchev–Trinajstić information content (AvgIpc) is 3.13.